The van der Waals surface area contributed by atoms with Gasteiger partial charge in [-0.15, -0.1) is 12.4 Å². The highest BCUT2D eigenvalue weighted by Crippen LogP contribution is 2.29. The summed E-state index contributed by atoms with van der Waals surface area (Å²) in [7, 11) is 0. The second-order valence-electron chi connectivity index (χ2n) is 12.9. The molecule has 57 heavy (non-hydrogen) atoms. The van der Waals surface area contributed by atoms with Crippen LogP contribution in [0.2, 0.25) is 10.6 Å². The summed E-state index contributed by atoms with van der Waals surface area (Å²) in [4.78, 5) is 53.0. The van der Waals surface area contributed by atoms with E-state index in [0.717, 1.165) is 92.6 Å². The van der Waals surface area contributed by atoms with Crippen LogP contribution in [0.15, 0.2) is 92.2 Å². The molecule has 0 radical (unpaired) electrons. The molecule has 2 saturated heterocycles. The number of imidazole rings is 3. The lowest BCUT2D eigenvalue weighted by Crippen LogP contribution is -2.47. The van der Waals surface area contributed by atoms with Crippen molar-refractivity contribution in [2.24, 2.45) is 5.92 Å². The number of para-hydroxylation sites is 1. The molecular weight excluding hydrogens is 812 g/mol. The summed E-state index contributed by atoms with van der Waals surface area (Å²) in [5.41, 5.74) is 7.23. The topological polar surface area (TPSA) is 193 Å². The summed E-state index contributed by atoms with van der Waals surface area (Å²) in [5, 5.41) is 0.492. The fourth-order valence-electron chi connectivity index (χ4n) is 6.84. The summed E-state index contributed by atoms with van der Waals surface area (Å²) in [5.74, 6) is 2.43. The number of H-pyrrole nitrogens is 3. The molecule has 0 spiro atoms. The van der Waals surface area contributed by atoms with Crippen molar-refractivity contribution >= 4 is 98.3 Å². The SMILES string of the molecule is Cl.Clc1nc(N2CCC(Cc3ccccc3)CC2)c2[nH]cnc2n1.Clc1nc(N2CCN(c3ccccc3)CC2)c2[nH]cnc2n1.OCl.c1ncc2[nH]cnc2n1. The minimum Gasteiger partial charge on any atom is -0.368 e. The first-order valence-electron chi connectivity index (χ1n) is 17.9. The summed E-state index contributed by atoms with van der Waals surface area (Å²) < 4.78 is 6.47. The van der Waals surface area contributed by atoms with Gasteiger partial charge in [-0.3, -0.25) is 4.66 Å². The van der Waals surface area contributed by atoms with E-state index >= 15 is 0 Å². The average Bonchev–Trinajstić information content (AvgIpc) is 4.05. The number of hydrogen-bond donors (Lipinski definition) is 4. The Kier molecular flexibility index (Phi) is 14.6. The smallest absolute Gasteiger partial charge is 0.226 e. The Morgan fingerprint density at radius 2 is 1.11 bits per heavy atom. The second kappa shape index (κ2) is 20.2. The number of rotatable bonds is 5. The molecule has 0 amide bonds. The van der Waals surface area contributed by atoms with Crippen LogP contribution in [0, 0.1) is 5.92 Å². The Labute approximate surface area is 348 Å². The molecule has 16 nitrogen and oxygen atoms in total. The molecular formula is C37H39Cl4N15O. The fraction of sp³-hybridized carbons (Fsp3) is 0.270. The summed E-state index contributed by atoms with van der Waals surface area (Å²) in [6.07, 6.45) is 11.5. The minimum atomic E-state index is 0. The van der Waals surface area contributed by atoms with Gasteiger partial charge in [0, 0.05) is 45.0 Å². The Hall–Kier alpha value is -5.39. The predicted octanol–water partition coefficient (Wildman–Crippen LogP) is 6.71. The number of anilines is 3. The highest BCUT2D eigenvalue weighted by molar-refractivity contribution is 6.29. The Morgan fingerprint density at radius 1 is 0.596 bits per heavy atom. The van der Waals surface area contributed by atoms with E-state index in [1.54, 1.807) is 25.2 Å². The Bertz CT molecular complexity index is 2390. The molecule has 0 bridgehead atoms. The van der Waals surface area contributed by atoms with Crippen molar-refractivity contribution in [1.82, 2.24) is 59.8 Å². The maximum absolute atomic E-state index is 6.47. The van der Waals surface area contributed by atoms with E-state index in [4.69, 9.17) is 27.9 Å². The summed E-state index contributed by atoms with van der Waals surface area (Å²) in [6.45, 7) is 5.63. The molecule has 0 saturated carbocycles. The maximum atomic E-state index is 6.47. The largest absolute Gasteiger partial charge is 0.368 e. The van der Waals surface area contributed by atoms with Crippen molar-refractivity contribution in [3.05, 3.63) is 108 Å². The zero-order valence-electron chi connectivity index (χ0n) is 30.5. The lowest BCUT2D eigenvalue weighted by atomic mass is 9.90. The van der Waals surface area contributed by atoms with Gasteiger partial charge < -0.3 is 29.7 Å². The van der Waals surface area contributed by atoms with Crippen LogP contribution >= 0.6 is 47.5 Å². The lowest BCUT2D eigenvalue weighted by molar-refractivity contribution is 0.402. The minimum absolute atomic E-state index is 0. The van der Waals surface area contributed by atoms with Crippen molar-refractivity contribution in [3.8, 4) is 0 Å². The molecule has 2 aliphatic heterocycles. The van der Waals surface area contributed by atoms with Crippen molar-refractivity contribution in [2.75, 3.05) is 54.0 Å². The monoisotopic (exact) mass is 849 g/mol. The van der Waals surface area contributed by atoms with Gasteiger partial charge in [-0.05, 0) is 66.1 Å². The molecule has 0 unspecified atom stereocenters. The number of hydrogen-bond acceptors (Lipinski definition) is 13. The summed E-state index contributed by atoms with van der Waals surface area (Å²) in [6, 6.07) is 21.2. The van der Waals surface area contributed by atoms with E-state index in [9.17, 15) is 0 Å². The number of aromatic nitrogens is 12. The van der Waals surface area contributed by atoms with Gasteiger partial charge in [0.2, 0.25) is 10.6 Å². The van der Waals surface area contributed by atoms with Gasteiger partial charge in [-0.2, -0.15) is 19.9 Å². The van der Waals surface area contributed by atoms with E-state index < -0.39 is 0 Å². The Balaban J connectivity index is 0.000000151. The van der Waals surface area contributed by atoms with E-state index in [1.807, 2.05) is 6.07 Å². The van der Waals surface area contributed by atoms with Crippen LogP contribution < -0.4 is 14.7 Å². The van der Waals surface area contributed by atoms with Crippen LogP contribution in [0.4, 0.5) is 17.3 Å². The molecule has 10 rings (SSSR count). The van der Waals surface area contributed by atoms with E-state index in [0.29, 0.717) is 16.9 Å². The zero-order chi connectivity index (χ0) is 38.7. The van der Waals surface area contributed by atoms with Crippen LogP contribution in [0.25, 0.3) is 33.5 Å². The molecule has 2 aromatic carbocycles. The first kappa shape index (κ1) is 41.2. The molecule has 0 aliphatic carbocycles. The Morgan fingerprint density at radius 3 is 1.68 bits per heavy atom. The molecule has 8 aromatic rings. The number of piperidine rings is 1. The fourth-order valence-corrected chi connectivity index (χ4v) is 7.16. The highest BCUT2D eigenvalue weighted by Gasteiger charge is 2.24. The molecule has 8 heterocycles. The average molecular weight is 852 g/mol. The van der Waals surface area contributed by atoms with E-state index in [2.05, 4.69) is 141 Å². The van der Waals surface area contributed by atoms with Crippen LogP contribution in [-0.4, -0.2) is 104 Å². The third-order valence-electron chi connectivity index (χ3n) is 9.56. The van der Waals surface area contributed by atoms with Gasteiger partial charge in [0.25, 0.3) is 0 Å². The molecule has 20 heteroatoms. The third kappa shape index (κ3) is 10.3. The van der Waals surface area contributed by atoms with Crippen LogP contribution in [0.3, 0.4) is 0 Å². The van der Waals surface area contributed by atoms with Crippen molar-refractivity contribution in [3.63, 3.8) is 0 Å². The number of fused-ring (bicyclic) bond motifs is 3. The lowest BCUT2D eigenvalue weighted by Gasteiger charge is -2.36. The third-order valence-corrected chi connectivity index (χ3v) is 9.90. The van der Waals surface area contributed by atoms with Gasteiger partial charge >= 0.3 is 0 Å². The van der Waals surface area contributed by atoms with Crippen LogP contribution in [0.5, 0.6) is 0 Å². The van der Waals surface area contributed by atoms with E-state index in [-0.39, 0.29) is 23.0 Å². The van der Waals surface area contributed by atoms with Crippen molar-refractivity contribution < 1.29 is 4.66 Å². The molecule has 2 fully saturated rings. The van der Waals surface area contributed by atoms with Crippen molar-refractivity contribution in [1.29, 1.82) is 0 Å². The molecule has 296 valence electrons. The van der Waals surface area contributed by atoms with Crippen molar-refractivity contribution in [2.45, 2.75) is 19.3 Å². The normalized spacial score (nSPS) is 14.2. The summed E-state index contributed by atoms with van der Waals surface area (Å²) >= 11 is 15.7. The number of benzene rings is 2. The van der Waals surface area contributed by atoms with E-state index in [1.165, 1.54) is 17.6 Å². The first-order valence-corrected chi connectivity index (χ1v) is 19.0. The number of halogens is 4. The number of nitrogens with one attached hydrogen (secondary N) is 3. The molecule has 2 aliphatic rings. The number of nitrogens with zero attached hydrogens (tertiary/aromatic N) is 12. The van der Waals surface area contributed by atoms with Gasteiger partial charge in [0.15, 0.2) is 28.6 Å². The van der Waals surface area contributed by atoms with Crippen LogP contribution in [-0.2, 0) is 6.42 Å². The zero-order valence-corrected chi connectivity index (χ0v) is 33.5. The standard InChI is InChI=1S/C17H18ClN5.C15H15ClN6.C5H4N4.ClHO.ClH/c18-17-21-15-14(19-11-20-15)16(22-17)23-8-6-13(7-9-23)10-12-4-2-1-3-5-12;16-15-19-13-12(17-10-18-13)14(20-15)22-8-6-21(7-9-22)11-4-2-1-3-5-11;1-4-5(8-2-6-1)9-3-7-4;1-2;/h1-5,11,13H,6-10H2,(H,19,20,21,22);1-5,10H,6-9H2,(H,17,18,19,20);1-3H,(H,6,7,8,9);2H;1H. The van der Waals surface area contributed by atoms with Gasteiger partial charge in [0.1, 0.15) is 22.9 Å². The van der Waals surface area contributed by atoms with Gasteiger partial charge in [-0.1, -0.05) is 48.5 Å². The maximum Gasteiger partial charge on any atom is 0.226 e. The van der Waals surface area contributed by atoms with Gasteiger partial charge in [0.05, 0.1) is 37.0 Å². The number of piperazine rings is 1. The predicted molar refractivity (Wildman–Crippen MR) is 226 cm³/mol. The molecule has 6 aromatic heterocycles. The highest BCUT2D eigenvalue weighted by atomic mass is 35.5. The molecule has 0 atom stereocenters. The number of aromatic amines is 3. The van der Waals surface area contributed by atoms with Crippen LogP contribution in [0.1, 0.15) is 18.4 Å². The first-order chi connectivity index (χ1) is 27.6. The molecule has 4 N–H and O–H groups in total. The second-order valence-corrected chi connectivity index (χ2v) is 13.6. The van der Waals surface area contributed by atoms with Gasteiger partial charge in [-0.25, -0.2) is 24.9 Å². The quantitative estimate of drug-likeness (QED) is 0.134.